The Hall–Kier alpha value is -1.26. The molecule has 0 aliphatic heterocycles. The van der Waals surface area contributed by atoms with E-state index in [2.05, 4.69) is 5.32 Å². The maximum Gasteiger partial charge on any atom is 0.347 e. The van der Waals surface area contributed by atoms with Crippen LogP contribution in [-0.4, -0.2) is 24.7 Å². The summed E-state index contributed by atoms with van der Waals surface area (Å²) in [5.41, 5.74) is 0.959. The monoisotopic (exact) mass is 297 g/mol. The van der Waals surface area contributed by atoms with Crippen LogP contribution in [0.25, 0.3) is 0 Å². The van der Waals surface area contributed by atoms with Crippen molar-refractivity contribution < 1.29 is 14.3 Å². The van der Waals surface area contributed by atoms with Gasteiger partial charge in [0.25, 0.3) is 0 Å². The molecule has 4 nitrogen and oxygen atoms in total. The van der Waals surface area contributed by atoms with Crippen molar-refractivity contribution in [1.82, 2.24) is 5.32 Å². The molecule has 1 fully saturated rings. The van der Waals surface area contributed by atoms with Crippen LogP contribution >= 0.6 is 11.6 Å². The van der Waals surface area contributed by atoms with E-state index in [0.29, 0.717) is 30.0 Å². The Morgan fingerprint density at radius 3 is 2.90 bits per heavy atom. The van der Waals surface area contributed by atoms with Gasteiger partial charge in [0.1, 0.15) is 5.75 Å². The molecule has 20 heavy (non-hydrogen) atoms. The van der Waals surface area contributed by atoms with Gasteiger partial charge in [0, 0.05) is 23.2 Å². The third-order valence-corrected chi connectivity index (χ3v) is 3.34. The van der Waals surface area contributed by atoms with Gasteiger partial charge in [0.05, 0.1) is 6.61 Å². The number of carbonyl (C=O) groups excluding carboxylic acids is 1. The highest BCUT2D eigenvalue weighted by molar-refractivity contribution is 6.30. The summed E-state index contributed by atoms with van der Waals surface area (Å²) < 4.78 is 10.6. The van der Waals surface area contributed by atoms with Gasteiger partial charge in [-0.25, -0.2) is 4.79 Å². The summed E-state index contributed by atoms with van der Waals surface area (Å²) in [4.78, 5) is 11.6. The van der Waals surface area contributed by atoms with Crippen LogP contribution in [-0.2, 0) is 16.1 Å². The fourth-order valence-electron chi connectivity index (χ4n) is 1.84. The van der Waals surface area contributed by atoms with Gasteiger partial charge < -0.3 is 14.8 Å². The lowest BCUT2D eigenvalue weighted by atomic mass is 10.2. The SMILES string of the molecule is CCOC(=O)C(C)Oc1ccc(Cl)cc1CNC1CC1. The number of benzene rings is 1. The summed E-state index contributed by atoms with van der Waals surface area (Å²) in [6, 6.07) is 6.02. The smallest absolute Gasteiger partial charge is 0.347 e. The lowest BCUT2D eigenvalue weighted by Crippen LogP contribution is -2.27. The number of halogens is 1. The quantitative estimate of drug-likeness (QED) is 0.786. The molecule has 1 atom stereocenters. The maximum atomic E-state index is 11.6. The van der Waals surface area contributed by atoms with Crippen molar-refractivity contribution in [3.8, 4) is 5.75 Å². The van der Waals surface area contributed by atoms with Gasteiger partial charge in [-0.2, -0.15) is 0 Å². The Kier molecular flexibility index (Phi) is 5.26. The minimum Gasteiger partial charge on any atom is -0.479 e. The molecule has 1 aromatic rings. The van der Waals surface area contributed by atoms with Gasteiger partial charge in [-0.1, -0.05) is 11.6 Å². The first kappa shape index (κ1) is 15.1. The highest BCUT2D eigenvalue weighted by Gasteiger charge is 2.22. The molecule has 5 heteroatoms. The molecule has 0 saturated heterocycles. The van der Waals surface area contributed by atoms with E-state index in [1.165, 1.54) is 12.8 Å². The molecule has 0 spiro atoms. The molecule has 1 aromatic carbocycles. The van der Waals surface area contributed by atoms with E-state index in [-0.39, 0.29) is 5.97 Å². The zero-order valence-corrected chi connectivity index (χ0v) is 12.6. The molecule has 110 valence electrons. The molecular formula is C15H20ClNO3. The van der Waals surface area contributed by atoms with Crippen molar-refractivity contribution in [1.29, 1.82) is 0 Å². The average Bonchev–Trinajstić information content (AvgIpc) is 3.23. The van der Waals surface area contributed by atoms with Gasteiger partial charge in [-0.05, 0) is 44.9 Å². The first-order valence-electron chi connectivity index (χ1n) is 6.95. The highest BCUT2D eigenvalue weighted by atomic mass is 35.5. The average molecular weight is 298 g/mol. The fourth-order valence-corrected chi connectivity index (χ4v) is 2.04. The Labute approximate surface area is 124 Å². The third kappa shape index (κ3) is 4.39. The molecule has 0 amide bonds. The van der Waals surface area contributed by atoms with Crippen LogP contribution in [0.4, 0.5) is 0 Å². The van der Waals surface area contributed by atoms with Crippen LogP contribution in [0.1, 0.15) is 32.3 Å². The first-order chi connectivity index (χ1) is 9.60. The van der Waals surface area contributed by atoms with Crippen molar-refractivity contribution in [3.63, 3.8) is 0 Å². The second kappa shape index (κ2) is 6.95. The van der Waals surface area contributed by atoms with Crippen molar-refractivity contribution >= 4 is 17.6 Å². The van der Waals surface area contributed by atoms with Gasteiger partial charge in [-0.15, -0.1) is 0 Å². The topological polar surface area (TPSA) is 47.6 Å². The predicted molar refractivity (Wildman–Crippen MR) is 78.0 cm³/mol. The number of carbonyl (C=O) groups is 1. The van der Waals surface area contributed by atoms with E-state index in [1.807, 2.05) is 6.07 Å². The normalized spacial score (nSPS) is 15.8. The van der Waals surface area contributed by atoms with Crippen LogP contribution in [0.5, 0.6) is 5.75 Å². The maximum absolute atomic E-state index is 11.6. The number of nitrogens with one attached hydrogen (secondary N) is 1. The van der Waals surface area contributed by atoms with Crippen molar-refractivity contribution in [2.45, 2.75) is 45.4 Å². The molecule has 1 saturated carbocycles. The molecule has 1 aliphatic rings. The fraction of sp³-hybridized carbons (Fsp3) is 0.533. The second-order valence-corrected chi connectivity index (χ2v) is 5.36. The molecule has 0 bridgehead atoms. The summed E-state index contributed by atoms with van der Waals surface area (Å²) in [5, 5.41) is 4.07. The van der Waals surface area contributed by atoms with Crippen molar-refractivity contribution in [3.05, 3.63) is 28.8 Å². The van der Waals surface area contributed by atoms with E-state index in [9.17, 15) is 4.79 Å². The van der Waals surface area contributed by atoms with Crippen molar-refractivity contribution in [2.24, 2.45) is 0 Å². The van der Waals surface area contributed by atoms with Gasteiger partial charge >= 0.3 is 5.97 Å². The third-order valence-electron chi connectivity index (χ3n) is 3.10. The van der Waals surface area contributed by atoms with Gasteiger partial charge in [-0.3, -0.25) is 0 Å². The Morgan fingerprint density at radius 1 is 1.50 bits per heavy atom. The van der Waals surface area contributed by atoms with Gasteiger partial charge in [0.2, 0.25) is 0 Å². The zero-order valence-electron chi connectivity index (χ0n) is 11.8. The number of hydrogen-bond acceptors (Lipinski definition) is 4. The van der Waals surface area contributed by atoms with E-state index in [0.717, 1.165) is 5.56 Å². The summed E-state index contributed by atoms with van der Waals surface area (Å²) in [6.45, 7) is 4.50. The largest absolute Gasteiger partial charge is 0.479 e. The molecule has 1 N–H and O–H groups in total. The molecular weight excluding hydrogens is 278 g/mol. The zero-order chi connectivity index (χ0) is 14.5. The number of hydrogen-bond donors (Lipinski definition) is 1. The highest BCUT2D eigenvalue weighted by Crippen LogP contribution is 2.26. The summed E-state index contributed by atoms with van der Waals surface area (Å²) >= 11 is 6.02. The standard InChI is InChI=1S/C15H20ClNO3/c1-3-19-15(18)10(2)20-14-7-4-12(16)8-11(14)9-17-13-5-6-13/h4,7-8,10,13,17H,3,5-6,9H2,1-2H3. The van der Waals surface area contributed by atoms with Crippen LogP contribution in [0.15, 0.2) is 18.2 Å². The molecule has 0 aromatic heterocycles. The Balaban J connectivity index is 2.02. The Morgan fingerprint density at radius 2 is 2.25 bits per heavy atom. The summed E-state index contributed by atoms with van der Waals surface area (Å²) in [6.07, 6.45) is 1.81. The lowest BCUT2D eigenvalue weighted by Gasteiger charge is -2.17. The van der Waals surface area contributed by atoms with Gasteiger partial charge in [0.15, 0.2) is 6.10 Å². The second-order valence-electron chi connectivity index (χ2n) is 4.92. The van der Waals surface area contributed by atoms with Crippen LogP contribution in [0.3, 0.4) is 0 Å². The molecule has 1 aliphatic carbocycles. The summed E-state index contributed by atoms with van der Waals surface area (Å²) in [7, 11) is 0. The molecule has 0 radical (unpaired) electrons. The summed E-state index contributed by atoms with van der Waals surface area (Å²) in [5.74, 6) is 0.312. The number of esters is 1. The predicted octanol–water partition coefficient (Wildman–Crippen LogP) is 2.92. The van der Waals surface area contributed by atoms with Crippen LogP contribution in [0, 0.1) is 0 Å². The lowest BCUT2D eigenvalue weighted by molar-refractivity contribution is -0.150. The first-order valence-corrected chi connectivity index (χ1v) is 7.33. The van der Waals surface area contributed by atoms with E-state index in [4.69, 9.17) is 21.1 Å². The number of rotatable bonds is 7. The molecule has 0 heterocycles. The molecule has 1 unspecified atom stereocenters. The van der Waals surface area contributed by atoms with E-state index >= 15 is 0 Å². The minimum absolute atomic E-state index is 0.350. The molecule has 2 rings (SSSR count). The van der Waals surface area contributed by atoms with Crippen LogP contribution < -0.4 is 10.1 Å². The minimum atomic E-state index is -0.629. The van der Waals surface area contributed by atoms with Crippen molar-refractivity contribution in [2.75, 3.05) is 6.61 Å². The Bertz CT molecular complexity index is 474. The van der Waals surface area contributed by atoms with E-state index in [1.54, 1.807) is 26.0 Å². The van der Waals surface area contributed by atoms with E-state index < -0.39 is 6.10 Å². The van der Waals surface area contributed by atoms with Crippen LogP contribution in [0.2, 0.25) is 5.02 Å². The number of ether oxygens (including phenoxy) is 2.